The van der Waals surface area contributed by atoms with Crippen molar-refractivity contribution in [2.24, 2.45) is 0 Å². The van der Waals surface area contributed by atoms with Gasteiger partial charge < -0.3 is 9.64 Å². The summed E-state index contributed by atoms with van der Waals surface area (Å²) in [6.45, 7) is 1.18. The molecule has 0 N–H and O–H groups in total. The Hall–Kier alpha value is -3.71. The zero-order chi connectivity index (χ0) is 21.6. The van der Waals surface area contributed by atoms with Gasteiger partial charge in [0, 0.05) is 29.9 Å². The van der Waals surface area contributed by atoms with E-state index in [2.05, 4.69) is 9.80 Å². The highest BCUT2D eigenvalue weighted by atomic mass is 16.6. The molecule has 3 aromatic carbocycles. The van der Waals surface area contributed by atoms with Crippen molar-refractivity contribution < 1.29 is 14.5 Å². The van der Waals surface area contributed by atoms with Gasteiger partial charge in [-0.25, -0.2) is 0 Å². The Morgan fingerprint density at radius 1 is 1.03 bits per heavy atom. The molecule has 31 heavy (non-hydrogen) atoms. The number of benzene rings is 3. The molecule has 2 heterocycles. The second-order valence-electron chi connectivity index (χ2n) is 7.88. The van der Waals surface area contributed by atoms with Crippen molar-refractivity contribution in [3.05, 3.63) is 100 Å². The van der Waals surface area contributed by atoms with Gasteiger partial charge in [0.25, 0.3) is 5.69 Å². The molecule has 0 saturated carbocycles. The molecule has 1 unspecified atom stereocenters. The molecule has 2 aliphatic rings. The molecule has 3 atom stereocenters. The number of Topliss-reactive ketones (excluding diaryl/α,β-unsaturated/α-hetero) is 1. The first-order valence-electron chi connectivity index (χ1n) is 10.0. The number of hydrogen-bond donors (Lipinski definition) is 0. The van der Waals surface area contributed by atoms with Crippen molar-refractivity contribution in [3.63, 3.8) is 0 Å². The molecule has 2 saturated heterocycles. The number of ether oxygens (including phenoxy) is 1. The number of nitro benzene ring substituents is 1. The average molecular weight is 415 g/mol. The number of rotatable bonds is 6. The first-order chi connectivity index (χ1) is 15.0. The van der Waals surface area contributed by atoms with Gasteiger partial charge in [-0.2, -0.15) is 0 Å². The molecule has 7 heteroatoms. The fourth-order valence-electron chi connectivity index (χ4n) is 4.66. The van der Waals surface area contributed by atoms with Crippen LogP contribution in [-0.2, 0) is 0 Å². The SMILES string of the molecule is COc1ccc(C(=O)[C@@]23CN(c4ccccc4)CN2[C@H]3c2ccc([N+](=O)[O-])cc2)cc1. The number of methoxy groups -OCH3 is 1. The van der Waals surface area contributed by atoms with E-state index in [1.54, 1.807) is 43.5 Å². The maximum Gasteiger partial charge on any atom is 0.269 e. The van der Waals surface area contributed by atoms with Crippen LogP contribution in [0, 0.1) is 10.1 Å². The highest BCUT2D eigenvalue weighted by Gasteiger charge is 2.72. The van der Waals surface area contributed by atoms with E-state index in [-0.39, 0.29) is 17.5 Å². The lowest BCUT2D eigenvalue weighted by Crippen LogP contribution is -2.35. The summed E-state index contributed by atoms with van der Waals surface area (Å²) in [4.78, 5) is 28.7. The normalized spacial score (nSPS) is 23.8. The molecule has 2 fully saturated rings. The van der Waals surface area contributed by atoms with Crippen LogP contribution in [0.15, 0.2) is 78.9 Å². The maximum absolute atomic E-state index is 13.7. The fraction of sp³-hybridized carbons (Fsp3) is 0.208. The summed E-state index contributed by atoms with van der Waals surface area (Å²) in [5.74, 6) is 0.753. The Balaban J connectivity index is 1.49. The van der Waals surface area contributed by atoms with E-state index in [4.69, 9.17) is 4.74 Å². The minimum Gasteiger partial charge on any atom is -0.497 e. The van der Waals surface area contributed by atoms with Crippen LogP contribution in [0.1, 0.15) is 22.0 Å². The summed E-state index contributed by atoms with van der Waals surface area (Å²) in [6.07, 6.45) is 0. The monoisotopic (exact) mass is 415 g/mol. The van der Waals surface area contributed by atoms with E-state index in [0.717, 1.165) is 11.3 Å². The Morgan fingerprint density at radius 2 is 1.71 bits per heavy atom. The number of ketones is 1. The zero-order valence-electron chi connectivity index (χ0n) is 17.0. The number of para-hydroxylation sites is 1. The van der Waals surface area contributed by atoms with Gasteiger partial charge in [-0.15, -0.1) is 0 Å². The molecule has 0 aliphatic carbocycles. The van der Waals surface area contributed by atoms with E-state index in [9.17, 15) is 14.9 Å². The van der Waals surface area contributed by atoms with Crippen molar-refractivity contribution in [1.29, 1.82) is 0 Å². The van der Waals surface area contributed by atoms with Crippen molar-refractivity contribution in [2.45, 2.75) is 11.6 Å². The van der Waals surface area contributed by atoms with Gasteiger partial charge in [0.05, 0.1) is 24.7 Å². The summed E-state index contributed by atoms with van der Waals surface area (Å²) in [6, 6.07) is 23.6. The van der Waals surface area contributed by atoms with Crippen molar-refractivity contribution in [2.75, 3.05) is 25.2 Å². The summed E-state index contributed by atoms with van der Waals surface area (Å²) >= 11 is 0. The third-order valence-electron chi connectivity index (χ3n) is 6.25. The minimum atomic E-state index is -0.694. The molecule has 156 valence electrons. The third kappa shape index (κ3) is 3.05. The number of non-ortho nitro benzene ring substituents is 1. The maximum atomic E-state index is 13.7. The topological polar surface area (TPSA) is 75.7 Å². The number of nitro groups is 1. The van der Waals surface area contributed by atoms with Gasteiger partial charge in [0.1, 0.15) is 11.3 Å². The fourth-order valence-corrected chi connectivity index (χ4v) is 4.66. The van der Waals surface area contributed by atoms with Crippen LogP contribution in [0.25, 0.3) is 0 Å². The molecule has 0 bridgehead atoms. The molecule has 0 aromatic heterocycles. The van der Waals surface area contributed by atoms with Crippen LogP contribution in [-0.4, -0.2) is 41.5 Å². The second-order valence-corrected chi connectivity index (χ2v) is 7.88. The van der Waals surface area contributed by atoms with Gasteiger partial charge >= 0.3 is 0 Å². The average Bonchev–Trinajstić information content (AvgIpc) is 3.28. The molecule has 3 aromatic rings. The van der Waals surface area contributed by atoms with E-state index in [1.807, 2.05) is 30.3 Å². The van der Waals surface area contributed by atoms with E-state index >= 15 is 0 Å². The minimum absolute atomic E-state index is 0.0472. The summed E-state index contributed by atoms with van der Waals surface area (Å²) in [5.41, 5.74) is 1.97. The summed E-state index contributed by atoms with van der Waals surface area (Å²) in [7, 11) is 1.59. The Labute approximate surface area is 179 Å². The number of fused-ring (bicyclic) bond motifs is 1. The van der Waals surface area contributed by atoms with Gasteiger partial charge in [-0.1, -0.05) is 30.3 Å². The summed E-state index contributed by atoms with van der Waals surface area (Å²) < 4.78 is 5.22. The van der Waals surface area contributed by atoms with Crippen molar-refractivity contribution in [1.82, 2.24) is 4.90 Å². The van der Waals surface area contributed by atoms with Crippen molar-refractivity contribution >= 4 is 17.2 Å². The lowest BCUT2D eigenvalue weighted by Gasteiger charge is -2.23. The molecule has 5 rings (SSSR count). The quantitative estimate of drug-likeness (QED) is 0.262. The number of anilines is 1. The van der Waals surface area contributed by atoms with Crippen LogP contribution in [0.4, 0.5) is 11.4 Å². The molecule has 7 nitrogen and oxygen atoms in total. The van der Waals surface area contributed by atoms with Crippen LogP contribution < -0.4 is 9.64 Å². The first-order valence-corrected chi connectivity index (χ1v) is 10.0. The summed E-state index contributed by atoms with van der Waals surface area (Å²) in [5, 5.41) is 11.0. The highest BCUT2D eigenvalue weighted by molar-refractivity contribution is 6.07. The van der Waals surface area contributed by atoms with Crippen LogP contribution >= 0.6 is 0 Å². The Bertz CT molecular complexity index is 1130. The van der Waals surface area contributed by atoms with Gasteiger partial charge in [0.2, 0.25) is 0 Å². The lowest BCUT2D eigenvalue weighted by atomic mass is 9.90. The van der Waals surface area contributed by atoms with Gasteiger partial charge in [-0.05, 0) is 42.0 Å². The van der Waals surface area contributed by atoms with E-state index in [0.29, 0.717) is 24.5 Å². The van der Waals surface area contributed by atoms with E-state index < -0.39 is 10.5 Å². The second kappa shape index (κ2) is 7.21. The Morgan fingerprint density at radius 3 is 2.32 bits per heavy atom. The number of nitrogens with zero attached hydrogens (tertiary/aromatic N) is 3. The predicted octanol–water partition coefficient (Wildman–Crippen LogP) is 4.06. The standard InChI is InChI=1S/C24H21N3O4/c1-31-21-13-9-18(10-14-21)23(28)24-15-25(19-5-3-2-4-6-19)16-26(24)22(24)17-7-11-20(12-8-17)27(29)30/h2-14,22H,15-16H2,1H3/t22-,24-,26?/m0/s1. The first kappa shape index (κ1) is 19.3. The van der Waals surface area contributed by atoms with E-state index in [1.165, 1.54) is 12.1 Å². The molecule has 0 spiro atoms. The molecule has 2 aliphatic heterocycles. The van der Waals surface area contributed by atoms with Crippen LogP contribution in [0.2, 0.25) is 0 Å². The highest BCUT2D eigenvalue weighted by Crippen LogP contribution is 2.59. The number of hydrogen-bond acceptors (Lipinski definition) is 6. The Kier molecular flexibility index (Phi) is 4.48. The molecular formula is C24H21N3O4. The zero-order valence-corrected chi connectivity index (χ0v) is 17.0. The molecule has 0 amide bonds. The van der Waals surface area contributed by atoms with Gasteiger partial charge in [-0.3, -0.25) is 19.8 Å². The van der Waals surface area contributed by atoms with Crippen LogP contribution in [0.5, 0.6) is 5.75 Å². The smallest absolute Gasteiger partial charge is 0.269 e. The molecular weight excluding hydrogens is 394 g/mol. The third-order valence-corrected chi connectivity index (χ3v) is 6.25. The predicted molar refractivity (Wildman–Crippen MR) is 116 cm³/mol. The van der Waals surface area contributed by atoms with Crippen molar-refractivity contribution in [3.8, 4) is 5.75 Å². The molecule has 0 radical (unpaired) electrons. The number of carbonyl (C=O) groups excluding carboxylic acids is 1. The number of carbonyl (C=O) groups is 1. The van der Waals surface area contributed by atoms with Crippen LogP contribution in [0.3, 0.4) is 0 Å². The lowest BCUT2D eigenvalue weighted by molar-refractivity contribution is -0.384. The largest absolute Gasteiger partial charge is 0.497 e. The van der Waals surface area contributed by atoms with Gasteiger partial charge in [0.15, 0.2) is 5.78 Å².